The molecule has 1 fully saturated rings. The lowest BCUT2D eigenvalue weighted by Gasteiger charge is -2.41. The van der Waals surface area contributed by atoms with E-state index < -0.39 is 12.1 Å². The number of hydrogen-bond donors (Lipinski definition) is 2. The van der Waals surface area contributed by atoms with E-state index in [9.17, 15) is 15.0 Å². The van der Waals surface area contributed by atoms with Gasteiger partial charge in [-0.3, -0.25) is 4.90 Å². The summed E-state index contributed by atoms with van der Waals surface area (Å²) in [6, 6.07) is 12.4. The van der Waals surface area contributed by atoms with Gasteiger partial charge in [0.15, 0.2) is 11.5 Å². The van der Waals surface area contributed by atoms with Gasteiger partial charge in [-0.2, -0.15) is 0 Å². The first kappa shape index (κ1) is 20.1. The average Bonchev–Trinajstić information content (AvgIpc) is 2.73. The summed E-state index contributed by atoms with van der Waals surface area (Å²) in [5.74, 6) is 0.285. The Kier molecular flexibility index (Phi) is 6.51. The van der Waals surface area contributed by atoms with Gasteiger partial charge in [0, 0.05) is 13.1 Å². The number of ether oxygens (including phenoxy) is 3. The molecule has 0 unspecified atom stereocenters. The summed E-state index contributed by atoms with van der Waals surface area (Å²) in [6.45, 7) is 1.57. The standard InChI is InChI=1S/C21H25NO6/c1-26-17-7-6-15(11-18(17)27-2)20-19(13-23)28-9-8-22(20)12-14-4-3-5-16(10-14)21(24)25/h3-7,10-11,19-20,23H,8-9,12-13H2,1-2H3,(H,24,25)/t19-,20-/m1/s1. The molecule has 0 aromatic heterocycles. The second kappa shape index (κ2) is 9.05. The maximum atomic E-state index is 11.3. The highest BCUT2D eigenvalue weighted by molar-refractivity contribution is 5.87. The summed E-state index contributed by atoms with van der Waals surface area (Å²) in [4.78, 5) is 13.5. The fraction of sp³-hybridized carbons (Fsp3) is 0.381. The lowest BCUT2D eigenvalue weighted by Crippen LogP contribution is -2.46. The fourth-order valence-electron chi connectivity index (χ4n) is 3.62. The van der Waals surface area contributed by atoms with Crippen LogP contribution in [0.25, 0.3) is 0 Å². The Morgan fingerprint density at radius 1 is 1.18 bits per heavy atom. The molecule has 7 heteroatoms. The average molecular weight is 387 g/mol. The maximum absolute atomic E-state index is 11.3. The lowest BCUT2D eigenvalue weighted by atomic mass is 9.97. The molecule has 1 saturated heterocycles. The third kappa shape index (κ3) is 4.27. The van der Waals surface area contributed by atoms with Crippen molar-refractivity contribution in [1.29, 1.82) is 0 Å². The van der Waals surface area contributed by atoms with Crippen molar-refractivity contribution in [3.8, 4) is 11.5 Å². The van der Waals surface area contributed by atoms with E-state index in [2.05, 4.69) is 4.90 Å². The van der Waals surface area contributed by atoms with Gasteiger partial charge >= 0.3 is 5.97 Å². The number of carboxylic acids is 1. The third-order valence-corrected chi connectivity index (χ3v) is 4.94. The molecule has 0 aliphatic carbocycles. The van der Waals surface area contributed by atoms with E-state index in [-0.39, 0.29) is 18.2 Å². The van der Waals surface area contributed by atoms with Gasteiger partial charge in [-0.05, 0) is 35.4 Å². The highest BCUT2D eigenvalue weighted by atomic mass is 16.5. The normalized spacial score (nSPS) is 20.0. The number of carboxylic acid groups (broad SMARTS) is 1. The van der Waals surface area contributed by atoms with Gasteiger partial charge in [0.1, 0.15) is 6.10 Å². The molecule has 0 amide bonds. The van der Waals surface area contributed by atoms with Crippen LogP contribution in [0.5, 0.6) is 11.5 Å². The summed E-state index contributed by atoms with van der Waals surface area (Å²) >= 11 is 0. The summed E-state index contributed by atoms with van der Waals surface area (Å²) in [7, 11) is 3.16. The number of benzene rings is 2. The van der Waals surface area contributed by atoms with Gasteiger partial charge in [0.2, 0.25) is 0 Å². The molecule has 2 atom stereocenters. The van der Waals surface area contributed by atoms with Crippen LogP contribution in [-0.4, -0.2) is 61.2 Å². The highest BCUT2D eigenvalue weighted by Gasteiger charge is 2.33. The van der Waals surface area contributed by atoms with Crippen molar-refractivity contribution < 1.29 is 29.2 Å². The number of aliphatic hydroxyl groups excluding tert-OH is 1. The highest BCUT2D eigenvalue weighted by Crippen LogP contribution is 2.36. The van der Waals surface area contributed by atoms with E-state index in [1.807, 2.05) is 24.3 Å². The minimum absolute atomic E-state index is 0.120. The molecule has 150 valence electrons. The Morgan fingerprint density at radius 2 is 1.96 bits per heavy atom. The number of aliphatic hydroxyl groups is 1. The third-order valence-electron chi connectivity index (χ3n) is 4.94. The molecule has 7 nitrogen and oxygen atoms in total. The van der Waals surface area contributed by atoms with Crippen LogP contribution in [0.1, 0.15) is 27.5 Å². The Balaban J connectivity index is 1.93. The van der Waals surface area contributed by atoms with Crippen LogP contribution < -0.4 is 9.47 Å². The van der Waals surface area contributed by atoms with Crippen LogP contribution in [-0.2, 0) is 11.3 Å². The summed E-state index contributed by atoms with van der Waals surface area (Å²) in [6.07, 6.45) is -0.394. The number of carbonyl (C=O) groups is 1. The van der Waals surface area contributed by atoms with Crippen molar-refractivity contribution in [2.75, 3.05) is 34.0 Å². The predicted octanol–water partition coefficient (Wildman–Crippen LogP) is 2.34. The second-order valence-corrected chi connectivity index (χ2v) is 6.63. The molecule has 1 aliphatic heterocycles. The minimum Gasteiger partial charge on any atom is -0.493 e. The van der Waals surface area contributed by atoms with Crippen LogP contribution in [0.4, 0.5) is 0 Å². The van der Waals surface area contributed by atoms with Crippen molar-refractivity contribution in [2.45, 2.75) is 18.7 Å². The van der Waals surface area contributed by atoms with Crippen LogP contribution >= 0.6 is 0 Å². The second-order valence-electron chi connectivity index (χ2n) is 6.63. The number of aromatic carboxylic acids is 1. The smallest absolute Gasteiger partial charge is 0.335 e. The molecule has 28 heavy (non-hydrogen) atoms. The van der Waals surface area contributed by atoms with Crippen LogP contribution in [0.3, 0.4) is 0 Å². The van der Waals surface area contributed by atoms with Crippen molar-refractivity contribution in [3.63, 3.8) is 0 Å². The van der Waals surface area contributed by atoms with Crippen LogP contribution in [0, 0.1) is 0 Å². The zero-order valence-corrected chi connectivity index (χ0v) is 16.0. The SMILES string of the molecule is COc1ccc([C@@H]2[C@@H](CO)OCCN2Cc2cccc(C(=O)O)c2)cc1OC. The largest absolute Gasteiger partial charge is 0.493 e. The molecule has 1 aliphatic rings. The number of hydrogen-bond acceptors (Lipinski definition) is 6. The first-order valence-corrected chi connectivity index (χ1v) is 9.08. The van der Waals surface area contributed by atoms with Crippen molar-refractivity contribution >= 4 is 5.97 Å². The van der Waals surface area contributed by atoms with Gasteiger partial charge in [-0.25, -0.2) is 4.79 Å². The monoisotopic (exact) mass is 387 g/mol. The fourth-order valence-corrected chi connectivity index (χ4v) is 3.62. The van der Waals surface area contributed by atoms with E-state index in [1.165, 1.54) is 0 Å². The van der Waals surface area contributed by atoms with E-state index in [0.29, 0.717) is 31.2 Å². The molecular weight excluding hydrogens is 362 g/mol. The van der Waals surface area contributed by atoms with Gasteiger partial charge in [-0.15, -0.1) is 0 Å². The van der Waals surface area contributed by atoms with E-state index in [4.69, 9.17) is 14.2 Å². The molecule has 1 heterocycles. The quantitative estimate of drug-likeness (QED) is 0.754. The van der Waals surface area contributed by atoms with E-state index in [0.717, 1.165) is 11.1 Å². The zero-order valence-electron chi connectivity index (χ0n) is 16.0. The summed E-state index contributed by atoms with van der Waals surface area (Å²) in [5, 5.41) is 19.1. The van der Waals surface area contributed by atoms with E-state index >= 15 is 0 Å². The van der Waals surface area contributed by atoms with Gasteiger partial charge in [0.25, 0.3) is 0 Å². The molecule has 0 saturated carbocycles. The lowest BCUT2D eigenvalue weighted by molar-refractivity contribution is -0.0961. The number of methoxy groups -OCH3 is 2. The molecule has 0 radical (unpaired) electrons. The number of morpholine rings is 1. The first-order valence-electron chi connectivity index (χ1n) is 9.08. The first-order chi connectivity index (χ1) is 13.6. The topological polar surface area (TPSA) is 88.5 Å². The Bertz CT molecular complexity index is 824. The maximum Gasteiger partial charge on any atom is 0.335 e. The van der Waals surface area contributed by atoms with Gasteiger partial charge in [0.05, 0.1) is 39.0 Å². The molecule has 0 bridgehead atoms. The van der Waals surface area contributed by atoms with Crippen LogP contribution in [0.2, 0.25) is 0 Å². The summed E-state index contributed by atoms with van der Waals surface area (Å²) < 4.78 is 16.5. The predicted molar refractivity (Wildman–Crippen MR) is 103 cm³/mol. The molecular formula is C21H25NO6. The molecule has 0 spiro atoms. The number of rotatable bonds is 7. The Labute approximate surface area is 164 Å². The van der Waals surface area contributed by atoms with E-state index in [1.54, 1.807) is 32.4 Å². The summed E-state index contributed by atoms with van der Waals surface area (Å²) in [5.41, 5.74) is 2.09. The molecule has 2 aromatic carbocycles. The Hall–Kier alpha value is -2.61. The van der Waals surface area contributed by atoms with Crippen LogP contribution in [0.15, 0.2) is 42.5 Å². The molecule has 3 rings (SSSR count). The molecule has 2 N–H and O–H groups in total. The van der Waals surface area contributed by atoms with Crippen molar-refractivity contribution in [2.24, 2.45) is 0 Å². The zero-order chi connectivity index (χ0) is 20.1. The van der Waals surface area contributed by atoms with Crippen molar-refractivity contribution in [3.05, 3.63) is 59.2 Å². The minimum atomic E-state index is -0.950. The molecule has 2 aromatic rings. The van der Waals surface area contributed by atoms with Gasteiger partial charge in [-0.1, -0.05) is 18.2 Å². The number of nitrogens with zero attached hydrogens (tertiary/aromatic N) is 1. The van der Waals surface area contributed by atoms with Crippen molar-refractivity contribution in [1.82, 2.24) is 4.90 Å². The Morgan fingerprint density at radius 3 is 2.64 bits per heavy atom. The van der Waals surface area contributed by atoms with Gasteiger partial charge < -0.3 is 24.4 Å².